The molecule has 22 heavy (non-hydrogen) atoms. The maximum atomic E-state index is 11.1. The minimum Gasteiger partial charge on any atom is -0.485 e. The number of fused-ring (bicyclic) bond motifs is 1. The van der Waals surface area contributed by atoms with Crippen molar-refractivity contribution in [3.8, 4) is 5.75 Å². The number of benzene rings is 1. The van der Waals surface area contributed by atoms with E-state index in [1.807, 2.05) is 12.1 Å². The molecule has 1 aromatic rings. The number of ether oxygens (including phenoxy) is 1. The van der Waals surface area contributed by atoms with Crippen molar-refractivity contribution < 1.29 is 9.84 Å². The zero-order chi connectivity index (χ0) is 15.9. The van der Waals surface area contributed by atoms with Gasteiger partial charge in [-0.1, -0.05) is 25.1 Å². The molecule has 1 N–H and O–H groups in total. The Balaban J connectivity index is 1.95. The Morgan fingerprint density at radius 2 is 1.91 bits per heavy atom. The summed E-state index contributed by atoms with van der Waals surface area (Å²) in [5.41, 5.74) is 1.73. The Hall–Kier alpha value is -1.10. The van der Waals surface area contributed by atoms with Crippen LogP contribution in [-0.2, 0) is 6.42 Å². The van der Waals surface area contributed by atoms with Gasteiger partial charge >= 0.3 is 0 Å². The number of likely N-dealkylation sites (N-methyl/N-ethyl adjacent to an activating group) is 1. The second-order valence-corrected chi connectivity index (χ2v) is 7.12. The van der Waals surface area contributed by atoms with Gasteiger partial charge in [-0.2, -0.15) is 0 Å². The van der Waals surface area contributed by atoms with Crippen LogP contribution in [0.5, 0.6) is 5.75 Å². The summed E-state index contributed by atoms with van der Waals surface area (Å²) in [6.07, 6.45) is 0.430. The van der Waals surface area contributed by atoms with Gasteiger partial charge in [0.05, 0.1) is 6.04 Å². The molecule has 1 aromatic carbocycles. The third kappa shape index (κ3) is 2.64. The number of hydrogen-bond acceptors (Lipinski definition) is 4. The minimum absolute atomic E-state index is 0.000746. The fourth-order valence-electron chi connectivity index (χ4n) is 3.85. The molecule has 0 radical (unpaired) electrons. The summed E-state index contributed by atoms with van der Waals surface area (Å²) >= 11 is 0. The number of aliphatic hydroxyl groups is 1. The molecule has 2 aliphatic rings. The zero-order valence-electron chi connectivity index (χ0n) is 14.2. The van der Waals surface area contributed by atoms with Gasteiger partial charge in [0.1, 0.15) is 17.5 Å². The van der Waals surface area contributed by atoms with E-state index >= 15 is 0 Å². The highest BCUT2D eigenvalue weighted by Crippen LogP contribution is 2.44. The van der Waals surface area contributed by atoms with E-state index in [1.165, 1.54) is 5.56 Å². The Morgan fingerprint density at radius 1 is 1.23 bits per heavy atom. The van der Waals surface area contributed by atoms with Crippen LogP contribution in [0.1, 0.15) is 38.0 Å². The van der Waals surface area contributed by atoms with E-state index in [0.29, 0.717) is 0 Å². The highest BCUT2D eigenvalue weighted by atomic mass is 16.5. The smallest absolute Gasteiger partial charge is 0.129 e. The maximum absolute atomic E-state index is 11.1. The topological polar surface area (TPSA) is 35.9 Å². The third-order valence-corrected chi connectivity index (χ3v) is 5.13. The van der Waals surface area contributed by atoms with Crippen LogP contribution >= 0.6 is 0 Å². The second kappa shape index (κ2) is 5.84. The van der Waals surface area contributed by atoms with Crippen molar-refractivity contribution in [2.75, 3.05) is 33.2 Å². The lowest BCUT2D eigenvalue weighted by molar-refractivity contribution is -0.0922. The molecule has 2 aliphatic heterocycles. The predicted octanol–water partition coefficient (Wildman–Crippen LogP) is 2.07. The number of nitrogens with zero attached hydrogens (tertiary/aromatic N) is 2. The molecule has 0 aliphatic carbocycles. The molecule has 2 unspecified atom stereocenters. The molecule has 2 heterocycles. The number of aliphatic hydroxyl groups excluding tert-OH is 1. The number of aryl methyl sites for hydroxylation is 1. The van der Waals surface area contributed by atoms with Gasteiger partial charge < -0.3 is 14.7 Å². The Kier molecular flexibility index (Phi) is 4.19. The van der Waals surface area contributed by atoms with E-state index < -0.39 is 11.7 Å². The average molecular weight is 304 g/mol. The molecule has 0 bridgehead atoms. The van der Waals surface area contributed by atoms with Crippen molar-refractivity contribution >= 4 is 0 Å². The van der Waals surface area contributed by atoms with Gasteiger partial charge in [0, 0.05) is 31.7 Å². The summed E-state index contributed by atoms with van der Waals surface area (Å²) in [4.78, 5) is 4.73. The lowest BCUT2D eigenvalue weighted by Gasteiger charge is -2.50. The van der Waals surface area contributed by atoms with E-state index in [2.05, 4.69) is 43.7 Å². The molecule has 0 aromatic heterocycles. The Morgan fingerprint density at radius 3 is 2.55 bits per heavy atom. The molecule has 1 saturated heterocycles. The molecule has 2 atom stereocenters. The number of hydrogen-bond donors (Lipinski definition) is 1. The average Bonchev–Trinajstić information content (AvgIpc) is 2.48. The van der Waals surface area contributed by atoms with Gasteiger partial charge in [0.2, 0.25) is 0 Å². The number of rotatable bonds is 2. The lowest BCUT2D eigenvalue weighted by atomic mass is 9.83. The fraction of sp³-hybridized carbons (Fsp3) is 0.667. The first kappa shape index (κ1) is 15.8. The van der Waals surface area contributed by atoms with Gasteiger partial charge in [-0.05, 0) is 32.9 Å². The van der Waals surface area contributed by atoms with E-state index in [1.54, 1.807) is 0 Å². The first-order chi connectivity index (χ1) is 10.4. The van der Waals surface area contributed by atoms with Crippen molar-refractivity contribution in [3.05, 3.63) is 29.3 Å². The van der Waals surface area contributed by atoms with Crippen molar-refractivity contribution in [1.82, 2.24) is 9.80 Å². The maximum Gasteiger partial charge on any atom is 0.129 e. The van der Waals surface area contributed by atoms with Crippen molar-refractivity contribution in [3.63, 3.8) is 0 Å². The minimum atomic E-state index is -0.492. The second-order valence-electron chi connectivity index (χ2n) is 7.12. The standard InChI is InChI=1S/C18H28N2O2/c1-5-13-7-6-8-14-15(21)17(18(2,3)22-16(13)14)20-11-9-19(4)10-12-20/h6-8,15,17,21H,5,9-12H2,1-4H3. The van der Waals surface area contributed by atoms with Crippen LogP contribution in [0.25, 0.3) is 0 Å². The Bertz CT molecular complexity index is 536. The summed E-state index contributed by atoms with van der Waals surface area (Å²) in [7, 11) is 2.15. The van der Waals surface area contributed by atoms with E-state index in [0.717, 1.165) is 43.9 Å². The van der Waals surface area contributed by atoms with Crippen molar-refractivity contribution in [2.24, 2.45) is 0 Å². The highest BCUT2D eigenvalue weighted by molar-refractivity contribution is 5.46. The molecule has 122 valence electrons. The van der Waals surface area contributed by atoms with E-state index in [-0.39, 0.29) is 6.04 Å². The summed E-state index contributed by atoms with van der Waals surface area (Å²) < 4.78 is 6.39. The molecule has 0 spiro atoms. The fourth-order valence-corrected chi connectivity index (χ4v) is 3.85. The van der Waals surface area contributed by atoms with Crippen LogP contribution in [-0.4, -0.2) is 59.8 Å². The molecule has 0 amide bonds. The monoisotopic (exact) mass is 304 g/mol. The van der Waals surface area contributed by atoms with E-state index in [9.17, 15) is 5.11 Å². The molecule has 1 fully saturated rings. The van der Waals surface area contributed by atoms with Crippen molar-refractivity contribution in [2.45, 2.75) is 44.9 Å². The first-order valence-electron chi connectivity index (χ1n) is 8.35. The van der Waals surface area contributed by atoms with Crippen LogP contribution in [0.2, 0.25) is 0 Å². The molecule has 0 saturated carbocycles. The van der Waals surface area contributed by atoms with Gasteiger partial charge in [-0.25, -0.2) is 0 Å². The van der Waals surface area contributed by atoms with Crippen LogP contribution in [0.4, 0.5) is 0 Å². The van der Waals surface area contributed by atoms with Gasteiger partial charge in [0.15, 0.2) is 0 Å². The third-order valence-electron chi connectivity index (χ3n) is 5.13. The zero-order valence-corrected chi connectivity index (χ0v) is 14.2. The summed E-state index contributed by atoms with van der Waals surface area (Å²) in [5.74, 6) is 0.896. The molecule has 3 rings (SSSR count). The van der Waals surface area contributed by atoms with Crippen molar-refractivity contribution in [1.29, 1.82) is 0 Å². The van der Waals surface area contributed by atoms with Crippen LogP contribution in [0, 0.1) is 0 Å². The first-order valence-corrected chi connectivity index (χ1v) is 8.35. The number of para-hydroxylation sites is 1. The summed E-state index contributed by atoms with van der Waals surface area (Å²) in [5, 5.41) is 11.1. The predicted molar refractivity (Wildman–Crippen MR) is 88.3 cm³/mol. The SMILES string of the molecule is CCc1cccc2c1OC(C)(C)C(N1CCN(C)CC1)C2O. The molecular formula is C18H28N2O2. The molecule has 4 heteroatoms. The highest BCUT2D eigenvalue weighted by Gasteiger charge is 2.47. The van der Waals surface area contributed by atoms with Crippen LogP contribution < -0.4 is 4.74 Å². The number of piperazine rings is 1. The van der Waals surface area contributed by atoms with Crippen LogP contribution in [0.3, 0.4) is 0 Å². The summed E-state index contributed by atoms with van der Waals surface area (Å²) in [6.45, 7) is 10.4. The van der Waals surface area contributed by atoms with Crippen LogP contribution in [0.15, 0.2) is 18.2 Å². The van der Waals surface area contributed by atoms with Gasteiger partial charge in [-0.3, -0.25) is 4.90 Å². The normalized spacial score (nSPS) is 29.0. The lowest BCUT2D eigenvalue weighted by Crippen LogP contribution is -2.61. The summed E-state index contributed by atoms with van der Waals surface area (Å²) in [6, 6.07) is 6.14. The molecular weight excluding hydrogens is 276 g/mol. The largest absolute Gasteiger partial charge is 0.485 e. The quantitative estimate of drug-likeness (QED) is 0.907. The van der Waals surface area contributed by atoms with Gasteiger partial charge in [-0.15, -0.1) is 0 Å². The molecule has 4 nitrogen and oxygen atoms in total. The van der Waals surface area contributed by atoms with Gasteiger partial charge in [0.25, 0.3) is 0 Å². The van der Waals surface area contributed by atoms with E-state index in [4.69, 9.17) is 4.74 Å². The Labute approximate surface area is 133 Å².